The first-order valence-corrected chi connectivity index (χ1v) is 5.51. The molecule has 0 aliphatic carbocycles. The average molecular weight is 241 g/mol. The maximum atomic E-state index is 13.5. The highest BCUT2D eigenvalue weighted by Gasteiger charge is 2.45. The molecule has 92 valence electrons. The van der Waals surface area contributed by atoms with Crippen LogP contribution in [0.15, 0.2) is 30.3 Å². The number of hydrogen-bond acceptors (Lipinski definition) is 2. The van der Waals surface area contributed by atoms with E-state index in [1.54, 1.807) is 18.2 Å². The number of para-hydroxylation sites is 1. The molecule has 1 amide bonds. The van der Waals surface area contributed by atoms with Crippen LogP contribution in [0.1, 0.15) is 12.8 Å². The Morgan fingerprint density at radius 3 is 2.35 bits per heavy atom. The standard InChI is InChI=1S/C12H13F2NO2/c13-12(14,11(16)15-8-4-5-9-15)17-10-6-2-1-3-7-10/h1-3,6-7H,4-5,8-9H2. The van der Waals surface area contributed by atoms with Crippen LogP contribution in [-0.4, -0.2) is 30.0 Å². The number of carbonyl (C=O) groups excluding carboxylic acids is 1. The van der Waals surface area contributed by atoms with Crippen LogP contribution in [0.2, 0.25) is 0 Å². The second kappa shape index (κ2) is 4.69. The summed E-state index contributed by atoms with van der Waals surface area (Å²) in [5.74, 6) is -1.26. The first-order chi connectivity index (χ1) is 8.09. The Morgan fingerprint density at radius 2 is 1.76 bits per heavy atom. The van der Waals surface area contributed by atoms with E-state index in [9.17, 15) is 13.6 Å². The molecule has 1 aromatic rings. The number of ether oxygens (including phenoxy) is 1. The van der Waals surface area contributed by atoms with Crippen LogP contribution in [0, 0.1) is 0 Å². The van der Waals surface area contributed by atoms with Crippen LogP contribution in [0.4, 0.5) is 8.78 Å². The number of alkyl halides is 2. The molecule has 1 aliphatic heterocycles. The van der Waals surface area contributed by atoms with Gasteiger partial charge in [0, 0.05) is 13.1 Å². The Labute approximate surface area is 98.0 Å². The Kier molecular flexibility index (Phi) is 3.26. The summed E-state index contributed by atoms with van der Waals surface area (Å²) >= 11 is 0. The Hall–Kier alpha value is -1.65. The highest BCUT2D eigenvalue weighted by Crippen LogP contribution is 2.24. The molecular formula is C12H13F2NO2. The lowest BCUT2D eigenvalue weighted by molar-refractivity contribution is -0.202. The van der Waals surface area contributed by atoms with Gasteiger partial charge in [0.1, 0.15) is 5.75 Å². The van der Waals surface area contributed by atoms with Gasteiger partial charge in [-0.3, -0.25) is 4.79 Å². The van der Waals surface area contributed by atoms with E-state index in [1.807, 2.05) is 0 Å². The molecule has 1 saturated heterocycles. The van der Waals surface area contributed by atoms with E-state index in [2.05, 4.69) is 4.74 Å². The third-order valence-electron chi connectivity index (χ3n) is 2.63. The summed E-state index contributed by atoms with van der Waals surface area (Å²) in [5, 5.41) is 0. The smallest absolute Gasteiger partial charge is 0.425 e. The number of hydrogen-bond donors (Lipinski definition) is 0. The van der Waals surface area contributed by atoms with Crippen LogP contribution < -0.4 is 4.74 Å². The van der Waals surface area contributed by atoms with E-state index in [4.69, 9.17) is 0 Å². The SMILES string of the molecule is O=C(N1CCCC1)C(F)(F)Oc1ccccc1. The molecule has 0 saturated carbocycles. The van der Waals surface area contributed by atoms with Gasteiger partial charge in [0.05, 0.1) is 0 Å². The summed E-state index contributed by atoms with van der Waals surface area (Å²) < 4.78 is 31.5. The van der Waals surface area contributed by atoms with Crippen molar-refractivity contribution >= 4 is 5.91 Å². The fourth-order valence-electron chi connectivity index (χ4n) is 1.78. The van der Waals surface area contributed by atoms with E-state index in [0.29, 0.717) is 13.1 Å². The predicted octanol–water partition coefficient (Wildman–Crippen LogP) is 2.28. The molecule has 1 heterocycles. The number of likely N-dealkylation sites (tertiary alicyclic amines) is 1. The van der Waals surface area contributed by atoms with Crippen molar-refractivity contribution in [1.29, 1.82) is 0 Å². The normalized spacial score (nSPS) is 16.0. The minimum atomic E-state index is -3.79. The molecule has 5 heteroatoms. The third kappa shape index (κ3) is 2.72. The Balaban J connectivity index is 2.05. The number of carbonyl (C=O) groups is 1. The topological polar surface area (TPSA) is 29.5 Å². The van der Waals surface area contributed by atoms with Crippen molar-refractivity contribution in [1.82, 2.24) is 4.90 Å². The summed E-state index contributed by atoms with van der Waals surface area (Å²) in [6, 6.07) is 7.63. The minimum Gasteiger partial charge on any atom is -0.425 e. The van der Waals surface area contributed by atoms with Crippen molar-refractivity contribution in [3.05, 3.63) is 30.3 Å². The zero-order valence-electron chi connectivity index (χ0n) is 9.23. The maximum absolute atomic E-state index is 13.5. The Morgan fingerprint density at radius 1 is 1.18 bits per heavy atom. The quantitative estimate of drug-likeness (QED) is 0.812. The van der Waals surface area contributed by atoms with E-state index < -0.39 is 12.0 Å². The molecule has 0 spiro atoms. The van der Waals surface area contributed by atoms with Crippen LogP contribution in [0.5, 0.6) is 5.75 Å². The number of nitrogens with zero attached hydrogens (tertiary/aromatic N) is 1. The number of halogens is 2. The lowest BCUT2D eigenvalue weighted by Crippen LogP contribution is -2.45. The van der Waals surface area contributed by atoms with Crippen molar-refractivity contribution in [3.63, 3.8) is 0 Å². The van der Waals surface area contributed by atoms with Gasteiger partial charge in [0.2, 0.25) is 0 Å². The summed E-state index contributed by atoms with van der Waals surface area (Å²) in [7, 11) is 0. The highest BCUT2D eigenvalue weighted by atomic mass is 19.3. The molecule has 0 aromatic heterocycles. The zero-order chi connectivity index (χ0) is 12.3. The van der Waals surface area contributed by atoms with E-state index >= 15 is 0 Å². The van der Waals surface area contributed by atoms with E-state index in [0.717, 1.165) is 17.7 Å². The fraction of sp³-hybridized carbons (Fsp3) is 0.417. The lowest BCUT2D eigenvalue weighted by Gasteiger charge is -2.22. The summed E-state index contributed by atoms with van der Waals surface area (Å²) in [4.78, 5) is 12.7. The van der Waals surface area contributed by atoms with E-state index in [-0.39, 0.29) is 5.75 Å². The first-order valence-electron chi connectivity index (χ1n) is 5.51. The number of amides is 1. The van der Waals surface area contributed by atoms with Crippen molar-refractivity contribution in [2.75, 3.05) is 13.1 Å². The summed E-state index contributed by atoms with van der Waals surface area (Å²) in [5.41, 5.74) is 0. The molecule has 0 N–H and O–H groups in total. The van der Waals surface area contributed by atoms with Crippen LogP contribution in [0.25, 0.3) is 0 Å². The zero-order valence-corrected chi connectivity index (χ0v) is 9.23. The van der Waals surface area contributed by atoms with Gasteiger partial charge >= 0.3 is 12.0 Å². The van der Waals surface area contributed by atoms with Gasteiger partial charge in [-0.25, -0.2) is 0 Å². The van der Waals surface area contributed by atoms with Crippen molar-refractivity contribution < 1.29 is 18.3 Å². The van der Waals surface area contributed by atoms with Gasteiger partial charge in [-0.1, -0.05) is 18.2 Å². The molecule has 0 radical (unpaired) electrons. The average Bonchev–Trinajstić information content (AvgIpc) is 2.82. The van der Waals surface area contributed by atoms with Crippen molar-refractivity contribution in [2.45, 2.75) is 19.0 Å². The molecule has 17 heavy (non-hydrogen) atoms. The van der Waals surface area contributed by atoms with E-state index in [1.165, 1.54) is 12.1 Å². The van der Waals surface area contributed by atoms with Gasteiger partial charge < -0.3 is 9.64 Å². The summed E-state index contributed by atoms with van der Waals surface area (Å²) in [6.07, 6.45) is -2.24. The molecule has 0 atom stereocenters. The molecule has 2 rings (SSSR count). The fourth-order valence-corrected chi connectivity index (χ4v) is 1.78. The third-order valence-corrected chi connectivity index (χ3v) is 2.63. The van der Waals surface area contributed by atoms with Gasteiger partial charge in [-0.15, -0.1) is 0 Å². The van der Waals surface area contributed by atoms with Crippen LogP contribution in [0.3, 0.4) is 0 Å². The molecule has 0 unspecified atom stereocenters. The largest absolute Gasteiger partial charge is 0.482 e. The second-order valence-electron chi connectivity index (χ2n) is 3.93. The molecular weight excluding hydrogens is 228 g/mol. The second-order valence-corrected chi connectivity index (χ2v) is 3.93. The van der Waals surface area contributed by atoms with Gasteiger partial charge in [-0.05, 0) is 25.0 Å². The Bertz CT molecular complexity index is 389. The number of benzene rings is 1. The van der Waals surface area contributed by atoms with Crippen LogP contribution in [-0.2, 0) is 4.79 Å². The number of rotatable bonds is 3. The lowest BCUT2D eigenvalue weighted by atomic mass is 10.3. The minimum absolute atomic E-state index is 0.00922. The predicted molar refractivity (Wildman–Crippen MR) is 57.8 cm³/mol. The van der Waals surface area contributed by atoms with Gasteiger partial charge in [0.15, 0.2) is 0 Å². The highest BCUT2D eigenvalue weighted by molar-refractivity contribution is 5.82. The molecule has 1 fully saturated rings. The van der Waals surface area contributed by atoms with Crippen molar-refractivity contribution in [2.24, 2.45) is 0 Å². The first kappa shape index (κ1) is 11.8. The molecule has 1 aromatic carbocycles. The van der Waals surface area contributed by atoms with Gasteiger partial charge in [0.25, 0.3) is 0 Å². The monoisotopic (exact) mass is 241 g/mol. The van der Waals surface area contributed by atoms with Gasteiger partial charge in [-0.2, -0.15) is 8.78 Å². The molecule has 0 bridgehead atoms. The van der Waals surface area contributed by atoms with Crippen LogP contribution >= 0.6 is 0 Å². The maximum Gasteiger partial charge on any atom is 0.482 e. The summed E-state index contributed by atoms with van der Waals surface area (Å²) in [6.45, 7) is 0.763. The molecule has 3 nitrogen and oxygen atoms in total. The molecule has 1 aliphatic rings. The van der Waals surface area contributed by atoms with Crippen molar-refractivity contribution in [3.8, 4) is 5.75 Å².